The summed E-state index contributed by atoms with van der Waals surface area (Å²) in [5.74, 6) is 6.09. The number of rotatable bonds is 5. The van der Waals surface area contributed by atoms with E-state index in [2.05, 4.69) is 6.07 Å². The van der Waals surface area contributed by atoms with E-state index in [0.29, 0.717) is 19.4 Å². The zero-order valence-corrected chi connectivity index (χ0v) is 10.7. The molecule has 2 N–H and O–H groups in total. The molecule has 4 heteroatoms. The largest absolute Gasteiger partial charge is 0.494 e. The van der Waals surface area contributed by atoms with Gasteiger partial charge in [0.15, 0.2) is 0 Å². The first-order chi connectivity index (χ1) is 7.99. The number of hydrogen-bond donors (Lipinski definition) is 1. The quantitative estimate of drug-likeness (QED) is 0.367. The molecule has 94 valence electrons. The highest BCUT2D eigenvalue weighted by Crippen LogP contribution is 2.16. The second-order valence-electron chi connectivity index (χ2n) is 4.28. The summed E-state index contributed by atoms with van der Waals surface area (Å²) in [5, 5.41) is 1.11. The third-order valence-electron chi connectivity index (χ3n) is 2.39. The van der Waals surface area contributed by atoms with E-state index in [0.717, 1.165) is 10.8 Å². The Hall–Kier alpha value is -1.55. The van der Waals surface area contributed by atoms with Crippen LogP contribution in [0, 0.1) is 13.8 Å². The number of hydrogen-bond acceptors (Lipinski definition) is 3. The van der Waals surface area contributed by atoms with Crippen molar-refractivity contribution in [2.45, 2.75) is 26.7 Å². The van der Waals surface area contributed by atoms with Crippen LogP contribution in [0.15, 0.2) is 18.2 Å². The second-order valence-corrected chi connectivity index (χ2v) is 4.28. The fourth-order valence-corrected chi connectivity index (χ4v) is 1.61. The molecule has 4 nitrogen and oxygen atoms in total. The lowest BCUT2D eigenvalue weighted by molar-refractivity contribution is -0.130. The monoisotopic (exact) mass is 236 g/mol. The van der Waals surface area contributed by atoms with Crippen molar-refractivity contribution in [3.05, 3.63) is 29.3 Å². The fourth-order valence-electron chi connectivity index (χ4n) is 1.61. The van der Waals surface area contributed by atoms with Gasteiger partial charge in [-0.1, -0.05) is 6.07 Å². The molecule has 17 heavy (non-hydrogen) atoms. The van der Waals surface area contributed by atoms with E-state index in [9.17, 15) is 4.79 Å². The maximum atomic E-state index is 11.2. The molecule has 0 saturated carbocycles. The van der Waals surface area contributed by atoms with Gasteiger partial charge in [-0.25, -0.2) is 5.84 Å². The van der Waals surface area contributed by atoms with E-state index in [1.165, 1.54) is 11.1 Å². The first-order valence-corrected chi connectivity index (χ1v) is 5.71. The van der Waals surface area contributed by atoms with Crippen LogP contribution in [0.3, 0.4) is 0 Å². The van der Waals surface area contributed by atoms with Crippen LogP contribution >= 0.6 is 0 Å². The number of amides is 1. The van der Waals surface area contributed by atoms with Crippen molar-refractivity contribution in [3.8, 4) is 5.75 Å². The second kappa shape index (κ2) is 6.25. The number of nitrogens with zero attached hydrogens (tertiary/aromatic N) is 1. The highest BCUT2D eigenvalue weighted by molar-refractivity contribution is 5.75. The first kappa shape index (κ1) is 13.5. The van der Waals surface area contributed by atoms with Crippen molar-refractivity contribution in [1.29, 1.82) is 0 Å². The Morgan fingerprint density at radius 3 is 2.41 bits per heavy atom. The number of aryl methyl sites for hydroxylation is 2. The van der Waals surface area contributed by atoms with Gasteiger partial charge in [0.2, 0.25) is 5.91 Å². The van der Waals surface area contributed by atoms with Crippen LogP contribution in [-0.2, 0) is 4.79 Å². The standard InChI is InChI=1S/C13H20N2O2/c1-10-7-11(2)9-12(8-10)17-6-4-5-13(16)15(3)14/h7-9H,4-6,14H2,1-3H3. The molecule has 0 spiro atoms. The minimum atomic E-state index is -0.0750. The number of ether oxygens (including phenoxy) is 1. The van der Waals surface area contributed by atoms with Crippen molar-refractivity contribution in [1.82, 2.24) is 5.01 Å². The number of carbonyl (C=O) groups excluding carboxylic acids is 1. The predicted octanol–water partition coefficient (Wildman–Crippen LogP) is 1.79. The third kappa shape index (κ3) is 4.87. The Balaban J connectivity index is 2.33. The summed E-state index contributed by atoms with van der Waals surface area (Å²) in [6.45, 7) is 4.60. The van der Waals surface area contributed by atoms with Gasteiger partial charge < -0.3 is 4.74 Å². The molecule has 0 aliphatic carbocycles. The molecule has 0 atom stereocenters. The molecular weight excluding hydrogens is 216 g/mol. The minimum absolute atomic E-state index is 0.0750. The molecule has 0 aromatic heterocycles. The number of carbonyl (C=O) groups is 1. The molecule has 0 unspecified atom stereocenters. The first-order valence-electron chi connectivity index (χ1n) is 5.71. The van der Waals surface area contributed by atoms with Crippen LogP contribution in [0.4, 0.5) is 0 Å². The summed E-state index contributed by atoms with van der Waals surface area (Å²) in [7, 11) is 1.55. The Labute approximate surface area is 102 Å². The normalized spacial score (nSPS) is 10.1. The van der Waals surface area contributed by atoms with Crippen molar-refractivity contribution in [3.63, 3.8) is 0 Å². The zero-order valence-electron chi connectivity index (χ0n) is 10.7. The molecule has 1 aromatic carbocycles. The lowest BCUT2D eigenvalue weighted by Gasteiger charge is -2.10. The maximum Gasteiger partial charge on any atom is 0.236 e. The smallest absolute Gasteiger partial charge is 0.236 e. The van der Waals surface area contributed by atoms with Crippen LogP contribution < -0.4 is 10.6 Å². The van der Waals surface area contributed by atoms with Crippen LogP contribution in [0.25, 0.3) is 0 Å². The van der Waals surface area contributed by atoms with Gasteiger partial charge in [-0.05, 0) is 43.5 Å². The zero-order chi connectivity index (χ0) is 12.8. The van der Waals surface area contributed by atoms with Gasteiger partial charge >= 0.3 is 0 Å². The van der Waals surface area contributed by atoms with E-state index < -0.39 is 0 Å². The number of nitrogens with two attached hydrogens (primary N) is 1. The van der Waals surface area contributed by atoms with Gasteiger partial charge in [0.25, 0.3) is 0 Å². The fraction of sp³-hybridized carbons (Fsp3) is 0.462. The SMILES string of the molecule is Cc1cc(C)cc(OCCCC(=O)N(C)N)c1. The number of benzene rings is 1. The summed E-state index contributed by atoms with van der Waals surface area (Å²) >= 11 is 0. The van der Waals surface area contributed by atoms with Crippen LogP contribution in [0.1, 0.15) is 24.0 Å². The van der Waals surface area contributed by atoms with E-state index in [4.69, 9.17) is 10.6 Å². The molecule has 1 amide bonds. The third-order valence-corrected chi connectivity index (χ3v) is 2.39. The summed E-state index contributed by atoms with van der Waals surface area (Å²) in [5.41, 5.74) is 2.36. The summed E-state index contributed by atoms with van der Waals surface area (Å²) < 4.78 is 5.59. The Morgan fingerprint density at radius 1 is 1.29 bits per heavy atom. The van der Waals surface area contributed by atoms with Gasteiger partial charge in [-0.15, -0.1) is 0 Å². The molecular formula is C13H20N2O2. The van der Waals surface area contributed by atoms with Crippen LogP contribution in [0.5, 0.6) is 5.75 Å². The average molecular weight is 236 g/mol. The summed E-state index contributed by atoms with van der Waals surface area (Å²) in [6.07, 6.45) is 1.09. The van der Waals surface area contributed by atoms with Crippen molar-refractivity contribution >= 4 is 5.91 Å². The van der Waals surface area contributed by atoms with Gasteiger partial charge in [-0.2, -0.15) is 0 Å². The molecule has 0 heterocycles. The summed E-state index contributed by atoms with van der Waals surface area (Å²) in [4.78, 5) is 11.2. The molecule has 0 saturated heterocycles. The Bertz CT molecular complexity index is 369. The van der Waals surface area contributed by atoms with E-state index in [1.807, 2.05) is 26.0 Å². The number of hydrazine groups is 1. The van der Waals surface area contributed by atoms with Gasteiger partial charge in [-0.3, -0.25) is 9.80 Å². The molecule has 0 aliphatic rings. The highest BCUT2D eigenvalue weighted by atomic mass is 16.5. The maximum absolute atomic E-state index is 11.2. The average Bonchev–Trinajstić information content (AvgIpc) is 2.22. The van der Waals surface area contributed by atoms with Crippen molar-refractivity contribution in [2.24, 2.45) is 5.84 Å². The predicted molar refractivity (Wildman–Crippen MR) is 67.6 cm³/mol. The minimum Gasteiger partial charge on any atom is -0.494 e. The van der Waals surface area contributed by atoms with E-state index in [1.54, 1.807) is 7.05 Å². The molecule has 1 aromatic rings. The molecule has 1 rings (SSSR count). The van der Waals surface area contributed by atoms with Gasteiger partial charge in [0.1, 0.15) is 5.75 Å². The van der Waals surface area contributed by atoms with Crippen molar-refractivity contribution < 1.29 is 9.53 Å². The Kier molecular flexibility index (Phi) is 4.97. The lowest BCUT2D eigenvalue weighted by atomic mass is 10.1. The van der Waals surface area contributed by atoms with Gasteiger partial charge in [0.05, 0.1) is 6.61 Å². The summed E-state index contributed by atoms with van der Waals surface area (Å²) in [6, 6.07) is 6.08. The van der Waals surface area contributed by atoms with Crippen LogP contribution in [0.2, 0.25) is 0 Å². The molecule has 0 bridgehead atoms. The highest BCUT2D eigenvalue weighted by Gasteiger charge is 2.04. The molecule has 0 fully saturated rings. The topological polar surface area (TPSA) is 55.6 Å². The van der Waals surface area contributed by atoms with Crippen molar-refractivity contribution in [2.75, 3.05) is 13.7 Å². The van der Waals surface area contributed by atoms with E-state index >= 15 is 0 Å². The Morgan fingerprint density at radius 2 is 1.88 bits per heavy atom. The van der Waals surface area contributed by atoms with E-state index in [-0.39, 0.29) is 5.91 Å². The van der Waals surface area contributed by atoms with Gasteiger partial charge in [0, 0.05) is 13.5 Å². The molecule has 0 aliphatic heterocycles. The lowest BCUT2D eigenvalue weighted by Crippen LogP contribution is -2.33. The molecule has 0 radical (unpaired) electrons. The van der Waals surface area contributed by atoms with Crippen LogP contribution in [-0.4, -0.2) is 24.6 Å².